The van der Waals surface area contributed by atoms with Crippen LogP contribution in [0.15, 0.2) is 29.2 Å². The van der Waals surface area contributed by atoms with E-state index >= 15 is 0 Å². The highest BCUT2D eigenvalue weighted by molar-refractivity contribution is 7.92. The molecule has 1 aliphatic rings. The molecule has 1 aromatic rings. The Morgan fingerprint density at radius 2 is 1.90 bits per heavy atom. The third kappa shape index (κ3) is 3.79. The van der Waals surface area contributed by atoms with Crippen LogP contribution in [0.3, 0.4) is 0 Å². The molecule has 0 bridgehead atoms. The zero-order chi connectivity index (χ0) is 15.5. The van der Waals surface area contributed by atoms with E-state index in [2.05, 4.69) is 12.2 Å². The van der Waals surface area contributed by atoms with Crippen LogP contribution in [0.2, 0.25) is 5.02 Å². The quantitative estimate of drug-likeness (QED) is 0.896. The molecule has 2 rings (SSSR count). The van der Waals surface area contributed by atoms with Gasteiger partial charge in [-0.15, -0.1) is 0 Å². The summed E-state index contributed by atoms with van der Waals surface area (Å²) in [6, 6.07) is 6.57. The van der Waals surface area contributed by atoms with Gasteiger partial charge in [0.25, 0.3) is 0 Å². The van der Waals surface area contributed by atoms with E-state index in [1.165, 1.54) is 0 Å². The van der Waals surface area contributed by atoms with Crippen molar-refractivity contribution in [2.24, 2.45) is 5.92 Å². The molecule has 1 saturated carbocycles. The van der Waals surface area contributed by atoms with E-state index in [-0.39, 0.29) is 11.3 Å². The Morgan fingerprint density at radius 1 is 1.24 bits per heavy atom. The van der Waals surface area contributed by atoms with E-state index in [4.69, 9.17) is 11.6 Å². The van der Waals surface area contributed by atoms with Crippen molar-refractivity contribution in [2.75, 3.05) is 7.05 Å². The molecule has 3 unspecified atom stereocenters. The van der Waals surface area contributed by atoms with Gasteiger partial charge in [-0.3, -0.25) is 0 Å². The first-order chi connectivity index (χ1) is 9.98. The second kappa shape index (κ2) is 7.12. The molecule has 3 nitrogen and oxygen atoms in total. The molecule has 0 aliphatic heterocycles. The smallest absolute Gasteiger partial charge is 0.182 e. The fourth-order valence-electron chi connectivity index (χ4n) is 3.35. The number of benzene rings is 1. The molecule has 0 saturated heterocycles. The van der Waals surface area contributed by atoms with Crippen LogP contribution in [-0.4, -0.2) is 26.8 Å². The maximum atomic E-state index is 12.9. The lowest BCUT2D eigenvalue weighted by molar-refractivity contribution is 0.288. The Morgan fingerprint density at radius 3 is 2.48 bits per heavy atom. The van der Waals surface area contributed by atoms with E-state index in [9.17, 15) is 8.42 Å². The van der Waals surface area contributed by atoms with Gasteiger partial charge in [-0.1, -0.05) is 31.4 Å². The minimum absolute atomic E-state index is 0.0405. The third-order valence-corrected chi connectivity index (χ3v) is 7.01. The van der Waals surface area contributed by atoms with Gasteiger partial charge in [0, 0.05) is 11.1 Å². The maximum absolute atomic E-state index is 12.9. The largest absolute Gasteiger partial charge is 0.316 e. The van der Waals surface area contributed by atoms with Gasteiger partial charge in [-0.25, -0.2) is 8.42 Å². The van der Waals surface area contributed by atoms with Crippen LogP contribution < -0.4 is 5.32 Å². The number of sulfone groups is 1. The number of halogens is 1. The Labute approximate surface area is 133 Å². The topological polar surface area (TPSA) is 46.2 Å². The predicted molar refractivity (Wildman–Crippen MR) is 87.5 cm³/mol. The zero-order valence-electron chi connectivity index (χ0n) is 12.7. The average molecular weight is 330 g/mol. The fourth-order valence-corrected chi connectivity index (χ4v) is 5.58. The minimum atomic E-state index is -3.31. The normalized spacial score (nSPS) is 26.7. The van der Waals surface area contributed by atoms with Crippen LogP contribution >= 0.6 is 11.6 Å². The van der Waals surface area contributed by atoms with Crippen LogP contribution in [0, 0.1) is 5.92 Å². The standard InChI is InChI=1S/C16H24ClNO2S/c1-3-4-12-5-10-15(18-2)16(11-12)21(19,20)14-8-6-13(17)7-9-14/h6-9,12,15-16,18H,3-5,10-11H2,1-2H3. The molecule has 0 amide bonds. The molecule has 21 heavy (non-hydrogen) atoms. The van der Waals surface area contributed by atoms with Crippen molar-refractivity contribution in [1.29, 1.82) is 0 Å². The summed E-state index contributed by atoms with van der Waals surface area (Å²) >= 11 is 5.86. The van der Waals surface area contributed by atoms with Crippen molar-refractivity contribution in [2.45, 2.75) is 55.2 Å². The van der Waals surface area contributed by atoms with Crippen LogP contribution in [0.1, 0.15) is 39.0 Å². The van der Waals surface area contributed by atoms with Gasteiger partial charge in [0.05, 0.1) is 10.1 Å². The lowest BCUT2D eigenvalue weighted by atomic mass is 9.83. The van der Waals surface area contributed by atoms with Gasteiger partial charge in [-0.2, -0.15) is 0 Å². The van der Waals surface area contributed by atoms with E-state index in [0.29, 0.717) is 15.8 Å². The molecule has 0 heterocycles. The van der Waals surface area contributed by atoms with Crippen LogP contribution in [0.4, 0.5) is 0 Å². The summed E-state index contributed by atoms with van der Waals surface area (Å²) in [5, 5.41) is 3.42. The molecular weight excluding hydrogens is 306 g/mol. The monoisotopic (exact) mass is 329 g/mol. The summed E-state index contributed by atoms with van der Waals surface area (Å²) in [5.74, 6) is 0.520. The van der Waals surface area contributed by atoms with E-state index in [0.717, 1.165) is 32.1 Å². The van der Waals surface area contributed by atoms with E-state index < -0.39 is 9.84 Å². The van der Waals surface area contributed by atoms with Crippen LogP contribution in [0.25, 0.3) is 0 Å². The van der Waals surface area contributed by atoms with Gasteiger partial charge in [0.15, 0.2) is 9.84 Å². The van der Waals surface area contributed by atoms with Crippen molar-refractivity contribution >= 4 is 21.4 Å². The Balaban J connectivity index is 2.28. The summed E-state index contributed by atoms with van der Waals surface area (Å²) in [4.78, 5) is 0.384. The lowest BCUT2D eigenvalue weighted by Gasteiger charge is -2.35. The highest BCUT2D eigenvalue weighted by atomic mass is 35.5. The highest BCUT2D eigenvalue weighted by Gasteiger charge is 2.38. The summed E-state index contributed by atoms with van der Waals surface area (Å²) in [6.07, 6.45) is 5.03. The van der Waals surface area contributed by atoms with Crippen molar-refractivity contribution in [1.82, 2.24) is 5.32 Å². The van der Waals surface area contributed by atoms with Gasteiger partial charge >= 0.3 is 0 Å². The summed E-state index contributed by atoms with van der Waals surface area (Å²) < 4.78 is 25.9. The number of rotatable bonds is 5. The van der Waals surface area contributed by atoms with Gasteiger partial charge in [0.2, 0.25) is 0 Å². The highest BCUT2D eigenvalue weighted by Crippen LogP contribution is 2.34. The first kappa shape index (κ1) is 16.8. The average Bonchev–Trinajstić information content (AvgIpc) is 2.48. The summed E-state index contributed by atoms with van der Waals surface area (Å²) in [6.45, 7) is 2.16. The first-order valence-corrected chi connectivity index (χ1v) is 9.58. The Bertz CT molecular complexity index is 556. The third-order valence-electron chi connectivity index (χ3n) is 4.51. The molecule has 1 aliphatic carbocycles. The molecule has 0 aromatic heterocycles. The first-order valence-electron chi connectivity index (χ1n) is 7.65. The molecule has 0 radical (unpaired) electrons. The minimum Gasteiger partial charge on any atom is -0.316 e. The Kier molecular flexibility index (Phi) is 5.69. The fraction of sp³-hybridized carbons (Fsp3) is 0.625. The predicted octanol–water partition coefficient (Wildman–Crippen LogP) is 3.67. The molecule has 1 N–H and O–H groups in total. The Hall–Kier alpha value is -0.580. The van der Waals surface area contributed by atoms with Gasteiger partial charge < -0.3 is 5.32 Å². The van der Waals surface area contributed by atoms with Crippen molar-refractivity contribution in [3.05, 3.63) is 29.3 Å². The zero-order valence-corrected chi connectivity index (χ0v) is 14.3. The maximum Gasteiger partial charge on any atom is 0.182 e. The van der Waals surface area contributed by atoms with E-state index in [1.807, 2.05) is 7.05 Å². The second-order valence-electron chi connectivity index (χ2n) is 5.90. The SMILES string of the molecule is CCCC1CCC(NC)C(S(=O)(=O)c2ccc(Cl)cc2)C1. The van der Waals surface area contributed by atoms with Crippen LogP contribution in [0.5, 0.6) is 0 Å². The van der Waals surface area contributed by atoms with Gasteiger partial charge in [-0.05, 0) is 56.5 Å². The number of hydrogen-bond acceptors (Lipinski definition) is 3. The van der Waals surface area contributed by atoms with Crippen molar-refractivity contribution in [3.8, 4) is 0 Å². The molecule has 118 valence electrons. The second-order valence-corrected chi connectivity index (χ2v) is 8.50. The molecular formula is C16H24ClNO2S. The molecule has 5 heteroatoms. The lowest BCUT2D eigenvalue weighted by Crippen LogP contribution is -2.46. The number of nitrogens with one attached hydrogen (secondary N) is 1. The molecule has 3 atom stereocenters. The van der Waals surface area contributed by atoms with Gasteiger partial charge in [0.1, 0.15) is 0 Å². The van der Waals surface area contributed by atoms with Crippen molar-refractivity contribution < 1.29 is 8.42 Å². The van der Waals surface area contributed by atoms with Crippen LogP contribution in [-0.2, 0) is 9.84 Å². The molecule has 1 aromatic carbocycles. The summed E-state index contributed by atoms with van der Waals surface area (Å²) in [5.41, 5.74) is 0. The molecule has 1 fully saturated rings. The van der Waals surface area contributed by atoms with E-state index in [1.54, 1.807) is 24.3 Å². The summed E-state index contributed by atoms with van der Waals surface area (Å²) in [7, 11) is -1.46. The van der Waals surface area contributed by atoms with Crippen molar-refractivity contribution in [3.63, 3.8) is 0 Å². The molecule has 0 spiro atoms. The number of hydrogen-bond donors (Lipinski definition) is 1.